The molecule has 58 heavy (non-hydrogen) atoms. The fraction of sp³-hybridized carbons (Fsp3) is 0.488. The number of piperazine rings is 2. The van der Waals surface area contributed by atoms with Gasteiger partial charge in [-0.05, 0) is 80.7 Å². The zero-order chi connectivity index (χ0) is 39.3. The molecule has 6 aliphatic rings. The molecule has 3 atom stereocenters. The lowest BCUT2D eigenvalue weighted by molar-refractivity contribution is -0.134. The van der Waals surface area contributed by atoms with Gasteiger partial charge in [-0.3, -0.25) is 19.8 Å². The van der Waals surface area contributed by atoms with Crippen molar-refractivity contribution in [2.24, 2.45) is 0 Å². The van der Waals surface area contributed by atoms with Crippen LogP contribution in [0.4, 0.5) is 28.8 Å². The third kappa shape index (κ3) is 6.78. The van der Waals surface area contributed by atoms with Gasteiger partial charge in [-0.15, -0.1) is 10.2 Å². The van der Waals surface area contributed by atoms with Crippen LogP contribution in [0.2, 0.25) is 0 Å². The third-order valence-electron chi connectivity index (χ3n) is 13.5. The van der Waals surface area contributed by atoms with Crippen molar-refractivity contribution in [2.45, 2.75) is 81.5 Å². The highest BCUT2D eigenvalue weighted by Crippen LogP contribution is 2.45. The normalized spacial score (nSPS) is 26.3. The van der Waals surface area contributed by atoms with Gasteiger partial charge in [-0.1, -0.05) is 24.3 Å². The molecule has 5 fully saturated rings. The van der Waals surface area contributed by atoms with Crippen LogP contribution in [0.15, 0.2) is 60.9 Å². The van der Waals surface area contributed by atoms with Gasteiger partial charge in [0.1, 0.15) is 24.1 Å². The molecular formula is C43H51N11O4. The summed E-state index contributed by atoms with van der Waals surface area (Å²) in [4.78, 5) is 46.3. The van der Waals surface area contributed by atoms with Crippen molar-refractivity contribution in [1.29, 1.82) is 0 Å². The van der Waals surface area contributed by atoms with Crippen molar-refractivity contribution in [2.75, 3.05) is 77.8 Å². The summed E-state index contributed by atoms with van der Waals surface area (Å²) in [5, 5.41) is 21.5. The number of fused-ring (bicyclic) bond motifs is 3. The van der Waals surface area contributed by atoms with E-state index in [4.69, 9.17) is 20.4 Å². The second-order valence-corrected chi connectivity index (χ2v) is 16.7. The largest absolute Gasteiger partial charge is 0.507 e. The number of aromatic hydroxyl groups is 1. The maximum Gasteiger partial charge on any atom is 0.249 e. The summed E-state index contributed by atoms with van der Waals surface area (Å²) >= 11 is 0. The molecule has 15 heteroatoms. The van der Waals surface area contributed by atoms with Gasteiger partial charge in [0, 0.05) is 69.4 Å². The van der Waals surface area contributed by atoms with E-state index in [-0.39, 0.29) is 35.7 Å². The quantitative estimate of drug-likeness (QED) is 0.231. The molecule has 2 aromatic carbocycles. The number of nitrogens with zero attached hydrogens (tertiary/aromatic N) is 9. The summed E-state index contributed by atoms with van der Waals surface area (Å²) in [6.45, 7) is 6.69. The minimum atomic E-state index is -0.336. The first-order valence-electron chi connectivity index (χ1n) is 21.0. The number of nitrogens with two attached hydrogens (primary N) is 1. The molecule has 2 amide bonds. The van der Waals surface area contributed by atoms with Gasteiger partial charge in [0.05, 0.1) is 41.7 Å². The standard InChI is InChI=1S/C43H51N11O4/c44-41-37(22-34(48-49-41)33-4-1-2-7-38(33)55)52-25-29-12-13-30(26-52)54(29)43-45-23-31(24-46-43)51-18-16-50(17-19-51)28-10-8-27(9-11-28)32-5-3-6-35-40(32)58-21-20-53(35)36-14-15-39(56)47-42(36)57/h1-7,22-24,27-30,36,55H,8-21,25-26H2,(H2,44,49)(H,47,56,57)/t27?,28?,29-,30+,36?. The maximum absolute atomic E-state index is 12.7. The number of rotatable bonds is 7. The Morgan fingerprint density at radius 2 is 1.52 bits per heavy atom. The van der Waals surface area contributed by atoms with Crippen molar-refractivity contribution in [1.82, 2.24) is 30.4 Å². The molecule has 5 aliphatic heterocycles. The fourth-order valence-electron chi connectivity index (χ4n) is 10.5. The van der Waals surface area contributed by atoms with E-state index in [0.717, 1.165) is 107 Å². The smallest absolute Gasteiger partial charge is 0.249 e. The average Bonchev–Trinajstić information content (AvgIpc) is 3.52. The first kappa shape index (κ1) is 36.6. The summed E-state index contributed by atoms with van der Waals surface area (Å²) in [6, 6.07) is 16.2. The molecule has 2 bridgehead atoms. The molecule has 302 valence electrons. The number of amides is 2. The number of carbonyl (C=O) groups is 2. The summed E-state index contributed by atoms with van der Waals surface area (Å²) in [5.74, 6) is 2.31. The number of piperidine rings is 1. The van der Waals surface area contributed by atoms with E-state index in [0.29, 0.717) is 55.0 Å². The molecule has 2 aromatic heterocycles. The van der Waals surface area contributed by atoms with Crippen molar-refractivity contribution in [3.63, 3.8) is 0 Å². The molecule has 1 saturated carbocycles. The predicted molar refractivity (Wildman–Crippen MR) is 221 cm³/mol. The Morgan fingerprint density at radius 1 is 0.776 bits per heavy atom. The molecule has 4 N–H and O–H groups in total. The number of benzene rings is 2. The first-order chi connectivity index (χ1) is 28.4. The van der Waals surface area contributed by atoms with Gasteiger partial charge in [0.25, 0.3) is 0 Å². The maximum atomic E-state index is 12.7. The highest BCUT2D eigenvalue weighted by molar-refractivity contribution is 6.02. The van der Waals surface area contributed by atoms with Gasteiger partial charge in [-0.25, -0.2) is 9.97 Å². The molecule has 15 nitrogen and oxygen atoms in total. The van der Waals surface area contributed by atoms with Crippen LogP contribution < -0.4 is 35.4 Å². The third-order valence-corrected chi connectivity index (χ3v) is 13.5. The number of carbonyl (C=O) groups excluding carboxylic acids is 2. The number of para-hydroxylation sites is 2. The number of nitrogen functional groups attached to an aromatic ring is 1. The van der Waals surface area contributed by atoms with Crippen LogP contribution in [-0.4, -0.2) is 119 Å². The van der Waals surface area contributed by atoms with Gasteiger partial charge in [0.15, 0.2) is 5.82 Å². The number of ether oxygens (including phenoxy) is 1. The highest BCUT2D eigenvalue weighted by atomic mass is 16.5. The average molecular weight is 786 g/mol. The molecule has 10 rings (SSSR count). The van der Waals surface area contributed by atoms with Gasteiger partial charge in [0.2, 0.25) is 17.8 Å². The number of imide groups is 1. The summed E-state index contributed by atoms with van der Waals surface area (Å²) in [6.07, 6.45) is 11.6. The number of hydrogen-bond donors (Lipinski definition) is 3. The van der Waals surface area contributed by atoms with E-state index in [9.17, 15) is 14.7 Å². The second-order valence-electron chi connectivity index (χ2n) is 16.7. The number of aromatic nitrogens is 4. The predicted octanol–water partition coefficient (Wildman–Crippen LogP) is 3.93. The van der Waals surface area contributed by atoms with Crippen LogP contribution in [0.1, 0.15) is 62.8 Å². The van der Waals surface area contributed by atoms with Crippen LogP contribution in [0, 0.1) is 0 Å². The second kappa shape index (κ2) is 15.2. The van der Waals surface area contributed by atoms with Crippen molar-refractivity contribution in [3.05, 3.63) is 66.5 Å². The lowest BCUT2D eigenvalue weighted by Gasteiger charge is -2.43. The van der Waals surface area contributed by atoms with Crippen LogP contribution in [-0.2, 0) is 9.59 Å². The lowest BCUT2D eigenvalue weighted by atomic mass is 9.80. The highest BCUT2D eigenvalue weighted by Gasteiger charge is 2.42. The Labute approximate surface area is 338 Å². The molecule has 0 radical (unpaired) electrons. The summed E-state index contributed by atoms with van der Waals surface area (Å²) < 4.78 is 6.30. The minimum Gasteiger partial charge on any atom is -0.507 e. The molecule has 1 unspecified atom stereocenters. The SMILES string of the molecule is Nc1nnc(-c2ccccc2O)cc1N1C[C@H]2CC[C@@H](C1)N2c1ncc(N2CCN(C3CCC(c4cccc5c4OCCN5C4CCC(=O)NC4=O)CC3)CC2)cn1. The molecular weight excluding hydrogens is 735 g/mol. The van der Waals surface area contributed by atoms with E-state index in [1.54, 1.807) is 12.1 Å². The van der Waals surface area contributed by atoms with Crippen molar-refractivity contribution in [3.8, 4) is 22.8 Å². The first-order valence-corrected chi connectivity index (χ1v) is 21.0. The molecule has 0 spiro atoms. The van der Waals surface area contributed by atoms with Gasteiger partial charge in [-0.2, -0.15) is 0 Å². The van der Waals surface area contributed by atoms with Crippen LogP contribution in [0.5, 0.6) is 11.5 Å². The van der Waals surface area contributed by atoms with Crippen LogP contribution in [0.25, 0.3) is 11.3 Å². The lowest BCUT2D eigenvalue weighted by Crippen LogP contribution is -2.55. The molecule has 4 aromatic rings. The number of phenols is 1. The Balaban J connectivity index is 0.733. The van der Waals surface area contributed by atoms with Crippen LogP contribution in [0.3, 0.4) is 0 Å². The van der Waals surface area contributed by atoms with Gasteiger partial charge < -0.3 is 35.2 Å². The number of hydrogen-bond acceptors (Lipinski definition) is 14. The molecule has 4 saturated heterocycles. The Morgan fingerprint density at radius 3 is 2.26 bits per heavy atom. The zero-order valence-electron chi connectivity index (χ0n) is 32.7. The Hall–Kier alpha value is -5.70. The Bertz CT molecular complexity index is 2160. The number of anilines is 5. The monoisotopic (exact) mass is 785 g/mol. The van der Waals surface area contributed by atoms with E-state index < -0.39 is 0 Å². The molecule has 1 aliphatic carbocycles. The topological polar surface area (TPSA) is 169 Å². The minimum absolute atomic E-state index is 0.167. The summed E-state index contributed by atoms with van der Waals surface area (Å²) in [7, 11) is 0. The summed E-state index contributed by atoms with van der Waals surface area (Å²) in [5.41, 5.74) is 11.8. The zero-order valence-corrected chi connectivity index (χ0v) is 32.7. The Kier molecular flexibility index (Phi) is 9.62. The van der Waals surface area contributed by atoms with E-state index in [1.807, 2.05) is 30.6 Å². The number of phenolic OH excluding ortho intramolecular Hbond substituents is 1. The number of nitrogens with one attached hydrogen (secondary N) is 1. The van der Waals surface area contributed by atoms with Crippen molar-refractivity contribution < 1.29 is 19.4 Å². The van der Waals surface area contributed by atoms with E-state index in [1.165, 1.54) is 5.56 Å². The van der Waals surface area contributed by atoms with E-state index >= 15 is 0 Å². The van der Waals surface area contributed by atoms with E-state index in [2.05, 4.69) is 58.2 Å². The van der Waals surface area contributed by atoms with Crippen LogP contribution >= 0.6 is 0 Å². The fourth-order valence-corrected chi connectivity index (χ4v) is 10.5. The molecule has 7 heterocycles. The van der Waals surface area contributed by atoms with Crippen molar-refractivity contribution >= 4 is 40.6 Å². The van der Waals surface area contributed by atoms with Gasteiger partial charge >= 0.3 is 0 Å².